The van der Waals surface area contributed by atoms with Crippen molar-refractivity contribution in [3.8, 4) is 0 Å². The number of esters is 6. The number of ether oxygens (including phenoxy) is 6. The van der Waals surface area contributed by atoms with Gasteiger partial charge in [0.25, 0.3) is 0 Å². The molecule has 0 saturated heterocycles. The average molecular weight is 1450 g/mol. The topological polar surface area (TPSA) is 158 Å². The SMILES string of the molecule is C.C.C.C.C.C.C.C.C.C.CCC(C)(C)C(=O)OC1(C)CCCCC1.CCC(C)(C)C(=O)OC1CC2CC1C1C3CC(CC3C(=O)OC3(C)C4CC5CC(C4)CC3C5)C21.CCC(C)C(=O)OC1(C)CCCC1.CCC(C)C(=O)OC1(CC)CCCC1.CCC1(OC(=O)C(C)(C)CC)CCCCC1. The first kappa shape index (κ1) is 105. The molecular formula is C90H176O12. The van der Waals surface area contributed by atoms with Crippen LogP contribution < -0.4 is 0 Å². The third-order valence-corrected chi connectivity index (χ3v) is 27.2. The van der Waals surface area contributed by atoms with Crippen LogP contribution in [0.1, 0.15) is 417 Å². The molecule has 608 valence electrons. The molecule has 10 unspecified atom stereocenters. The minimum atomic E-state index is -0.406. The van der Waals surface area contributed by atoms with Crippen LogP contribution in [0.4, 0.5) is 0 Å². The lowest BCUT2D eigenvalue weighted by Gasteiger charge is -2.59. The Morgan fingerprint density at radius 3 is 1.16 bits per heavy atom. The van der Waals surface area contributed by atoms with Crippen LogP contribution in [0.5, 0.6) is 0 Å². The summed E-state index contributed by atoms with van der Waals surface area (Å²) in [6.45, 7) is 36.6. The normalized spacial score (nSPS) is 30.2. The molecule has 12 nitrogen and oxygen atoms in total. The first-order valence-corrected chi connectivity index (χ1v) is 38.6. The highest BCUT2D eigenvalue weighted by Crippen LogP contribution is 2.70. The number of hydrogen-bond acceptors (Lipinski definition) is 12. The molecule has 0 aromatic heterocycles. The molecule has 12 fully saturated rings. The zero-order chi connectivity index (χ0) is 67.8. The summed E-state index contributed by atoms with van der Waals surface area (Å²) >= 11 is 0. The van der Waals surface area contributed by atoms with Gasteiger partial charge in [-0.25, -0.2) is 0 Å². The second kappa shape index (κ2) is 43.7. The van der Waals surface area contributed by atoms with E-state index < -0.39 is 5.41 Å². The van der Waals surface area contributed by atoms with E-state index in [1.807, 2.05) is 83.1 Å². The second-order valence-corrected chi connectivity index (χ2v) is 34.9. The molecule has 0 aromatic carbocycles. The molecule has 12 aliphatic rings. The number of fused-ring (bicyclic) bond motifs is 9. The first-order chi connectivity index (χ1) is 43.2. The van der Waals surface area contributed by atoms with Gasteiger partial charge in [0.15, 0.2) is 0 Å². The Morgan fingerprint density at radius 1 is 0.382 bits per heavy atom. The Labute approximate surface area is 634 Å². The van der Waals surface area contributed by atoms with Crippen LogP contribution in [0, 0.1) is 93.2 Å². The highest BCUT2D eigenvalue weighted by molar-refractivity contribution is 5.78. The summed E-state index contributed by atoms with van der Waals surface area (Å²) in [6.07, 6.45) is 37.8. The van der Waals surface area contributed by atoms with Gasteiger partial charge < -0.3 is 28.4 Å². The Kier molecular flexibility index (Phi) is 45.1. The smallest absolute Gasteiger partial charge is 0.312 e. The Morgan fingerprint density at radius 2 is 0.735 bits per heavy atom. The Bertz CT molecular complexity index is 2400. The van der Waals surface area contributed by atoms with E-state index in [9.17, 15) is 28.8 Å². The van der Waals surface area contributed by atoms with Gasteiger partial charge in [0.1, 0.15) is 34.1 Å². The maximum Gasteiger partial charge on any atom is 0.312 e. The van der Waals surface area contributed by atoms with Crippen LogP contribution in [0.3, 0.4) is 0 Å². The van der Waals surface area contributed by atoms with Crippen molar-refractivity contribution in [1.82, 2.24) is 0 Å². The molecule has 12 heteroatoms. The molecule has 0 radical (unpaired) electrons. The summed E-state index contributed by atoms with van der Waals surface area (Å²) in [7, 11) is 0. The lowest BCUT2D eigenvalue weighted by Crippen LogP contribution is -2.58. The molecule has 10 atom stereocenters. The third-order valence-electron chi connectivity index (χ3n) is 27.2. The van der Waals surface area contributed by atoms with Crippen molar-refractivity contribution in [2.75, 3.05) is 0 Å². The fraction of sp³-hybridized carbons (Fsp3) is 0.933. The maximum atomic E-state index is 13.7. The highest BCUT2D eigenvalue weighted by atomic mass is 16.6. The monoisotopic (exact) mass is 1450 g/mol. The van der Waals surface area contributed by atoms with E-state index in [0.717, 1.165) is 127 Å². The van der Waals surface area contributed by atoms with Gasteiger partial charge in [-0.05, 0) is 327 Å². The lowest BCUT2D eigenvalue weighted by atomic mass is 9.50. The molecule has 12 rings (SSSR count). The maximum absolute atomic E-state index is 13.7. The van der Waals surface area contributed by atoms with Crippen molar-refractivity contribution < 1.29 is 57.2 Å². The van der Waals surface area contributed by atoms with Crippen LogP contribution in [0.25, 0.3) is 0 Å². The van der Waals surface area contributed by atoms with Gasteiger partial charge in [0, 0.05) is 0 Å². The lowest BCUT2D eigenvalue weighted by molar-refractivity contribution is -0.209. The highest BCUT2D eigenvalue weighted by Gasteiger charge is 2.68. The predicted molar refractivity (Wildman–Crippen MR) is 433 cm³/mol. The van der Waals surface area contributed by atoms with E-state index in [-0.39, 0.29) is 173 Å². The van der Waals surface area contributed by atoms with E-state index in [4.69, 9.17) is 28.4 Å². The van der Waals surface area contributed by atoms with Crippen molar-refractivity contribution in [2.24, 2.45) is 93.2 Å². The molecule has 8 bridgehead atoms. The van der Waals surface area contributed by atoms with Gasteiger partial charge >= 0.3 is 35.8 Å². The Balaban J connectivity index is -0.000000613. The molecule has 0 aromatic rings. The summed E-state index contributed by atoms with van der Waals surface area (Å²) < 4.78 is 35.5. The second-order valence-electron chi connectivity index (χ2n) is 34.9. The molecule has 12 aliphatic carbocycles. The third kappa shape index (κ3) is 24.9. The summed E-state index contributed by atoms with van der Waals surface area (Å²) in [5.74, 6) is 6.84. The summed E-state index contributed by atoms with van der Waals surface area (Å²) in [6, 6.07) is 0. The number of carbonyl (C=O) groups is 6. The van der Waals surface area contributed by atoms with Crippen molar-refractivity contribution >= 4 is 35.8 Å². The van der Waals surface area contributed by atoms with E-state index >= 15 is 0 Å². The largest absolute Gasteiger partial charge is 0.462 e. The number of rotatable bonds is 19. The summed E-state index contributed by atoms with van der Waals surface area (Å²) in [5.41, 5.74) is -1.90. The molecule has 0 aliphatic heterocycles. The van der Waals surface area contributed by atoms with Gasteiger partial charge in [-0.1, -0.05) is 149 Å². The zero-order valence-corrected chi connectivity index (χ0v) is 62.0. The zero-order valence-electron chi connectivity index (χ0n) is 62.0. The van der Waals surface area contributed by atoms with Gasteiger partial charge in [-0.2, -0.15) is 0 Å². The quantitative estimate of drug-likeness (QED) is 0.0686. The van der Waals surface area contributed by atoms with Crippen LogP contribution in [-0.2, 0) is 57.2 Å². The molecule has 0 N–H and O–H groups in total. The Hall–Kier alpha value is -3.18. The molecule has 0 heterocycles. The minimum absolute atomic E-state index is 0. The standard InChI is InChI=1S/C30H44O4.C14H26O2.C13H24O2.C12H22O2.C11H20O2.10CH4/c1-5-29(2,3)28(32)33-24-14-18-13-23(24)26-21-11-17(25(18)26)12-22(21)27(31)34-30(4)19-7-15-6-16(9-19)10-20(30)8-15;1-5-13(3,4)12(15)16-14(6-2)10-8-7-9-11-14;1-5-12(2,3)11(14)15-13(4)9-7-6-8-10-13;1-4-10(3)11(13)14-12(5-2)8-6-7-9-12;1-4-9(2)10(12)13-11(3)7-5-6-8-11;;;;;;;;;;/h15-26H,5-14H2,1-4H3;5-11H2,1-4H3;5-10H2,1-4H3;10H,4-9H2,1-3H3;9H,4-8H2,1-3H3;10*1H4. The number of hydrogen-bond donors (Lipinski definition) is 0. The molecule has 12 saturated carbocycles. The predicted octanol–water partition coefficient (Wildman–Crippen LogP) is 26.4. The van der Waals surface area contributed by atoms with Crippen molar-refractivity contribution in [1.29, 1.82) is 0 Å². The average Bonchev–Trinajstić information content (AvgIpc) is 1.52. The summed E-state index contributed by atoms with van der Waals surface area (Å²) in [4.78, 5) is 73.8. The fourth-order valence-corrected chi connectivity index (χ4v) is 18.8. The van der Waals surface area contributed by atoms with Gasteiger partial charge in [-0.15, -0.1) is 0 Å². The van der Waals surface area contributed by atoms with E-state index in [2.05, 4.69) is 41.5 Å². The van der Waals surface area contributed by atoms with Gasteiger partial charge in [0.05, 0.1) is 34.0 Å². The van der Waals surface area contributed by atoms with E-state index in [1.165, 1.54) is 109 Å². The van der Waals surface area contributed by atoms with Crippen molar-refractivity contribution in [3.63, 3.8) is 0 Å². The van der Waals surface area contributed by atoms with Crippen molar-refractivity contribution in [2.45, 2.75) is 451 Å². The van der Waals surface area contributed by atoms with Crippen molar-refractivity contribution in [3.05, 3.63) is 0 Å². The van der Waals surface area contributed by atoms with Crippen LogP contribution in [0.15, 0.2) is 0 Å². The fourth-order valence-electron chi connectivity index (χ4n) is 18.8. The van der Waals surface area contributed by atoms with E-state index in [0.29, 0.717) is 41.4 Å². The molecule has 102 heavy (non-hydrogen) atoms. The summed E-state index contributed by atoms with van der Waals surface area (Å²) in [5, 5.41) is 0. The van der Waals surface area contributed by atoms with Crippen LogP contribution in [0.2, 0.25) is 0 Å². The van der Waals surface area contributed by atoms with E-state index in [1.54, 1.807) is 0 Å². The molecule has 0 spiro atoms. The minimum Gasteiger partial charge on any atom is -0.462 e. The molecule has 0 amide bonds. The van der Waals surface area contributed by atoms with Gasteiger partial charge in [0.2, 0.25) is 0 Å². The first-order valence-electron chi connectivity index (χ1n) is 38.6. The number of carbonyl (C=O) groups excluding carboxylic acids is 6. The van der Waals surface area contributed by atoms with Crippen LogP contribution >= 0.6 is 0 Å². The molecular weight excluding hydrogens is 1270 g/mol. The van der Waals surface area contributed by atoms with Gasteiger partial charge in [-0.3, -0.25) is 28.8 Å². The van der Waals surface area contributed by atoms with Crippen LogP contribution in [-0.4, -0.2) is 69.9 Å².